The second-order valence-corrected chi connectivity index (χ2v) is 5.11. The molecule has 1 aromatic rings. The minimum absolute atomic E-state index is 0.796. The summed E-state index contributed by atoms with van der Waals surface area (Å²) in [6, 6.07) is 4.00. The van der Waals surface area contributed by atoms with Gasteiger partial charge in [0.1, 0.15) is 5.76 Å². The van der Waals surface area contributed by atoms with Crippen LogP contribution in [0.5, 0.6) is 0 Å². The van der Waals surface area contributed by atoms with Crippen molar-refractivity contribution in [2.75, 3.05) is 18.4 Å². The molecule has 0 saturated heterocycles. The molecule has 0 aliphatic carbocycles. The van der Waals surface area contributed by atoms with Crippen molar-refractivity contribution in [2.24, 2.45) is 5.92 Å². The van der Waals surface area contributed by atoms with Crippen LogP contribution in [-0.2, 0) is 6.54 Å². The predicted octanol–water partition coefficient (Wildman–Crippen LogP) is 3.91. The van der Waals surface area contributed by atoms with Crippen LogP contribution in [0.15, 0.2) is 22.8 Å². The molecule has 1 aromatic heterocycles. The normalized spacial score (nSPS) is 13.2. The van der Waals surface area contributed by atoms with Gasteiger partial charge in [-0.25, -0.2) is 0 Å². The molecule has 0 saturated carbocycles. The van der Waals surface area contributed by atoms with E-state index in [1.54, 1.807) is 6.26 Å². The van der Waals surface area contributed by atoms with Crippen molar-refractivity contribution >= 4 is 15.9 Å². The Bertz CT molecular complexity index is 261. The van der Waals surface area contributed by atoms with Gasteiger partial charge in [-0.3, -0.25) is 4.90 Å². The first-order chi connectivity index (χ1) is 7.76. The second-order valence-electron chi connectivity index (χ2n) is 4.32. The van der Waals surface area contributed by atoms with Gasteiger partial charge < -0.3 is 4.42 Å². The number of alkyl halides is 1. The Kier molecular flexibility index (Phi) is 6.81. The molecule has 0 bridgehead atoms. The van der Waals surface area contributed by atoms with Crippen LogP contribution >= 0.6 is 15.9 Å². The average molecular weight is 288 g/mol. The van der Waals surface area contributed by atoms with Gasteiger partial charge in [0.2, 0.25) is 0 Å². The van der Waals surface area contributed by atoms with Crippen LogP contribution in [0.25, 0.3) is 0 Å². The molecule has 0 spiro atoms. The summed E-state index contributed by atoms with van der Waals surface area (Å²) in [6.07, 6.45) is 4.27. The number of nitrogens with zero attached hydrogens (tertiary/aromatic N) is 1. The van der Waals surface area contributed by atoms with Crippen molar-refractivity contribution in [1.29, 1.82) is 0 Å². The smallest absolute Gasteiger partial charge is 0.117 e. The topological polar surface area (TPSA) is 16.4 Å². The monoisotopic (exact) mass is 287 g/mol. The van der Waals surface area contributed by atoms with E-state index in [2.05, 4.69) is 34.7 Å². The van der Waals surface area contributed by atoms with Crippen LogP contribution in [-0.4, -0.2) is 23.3 Å². The highest BCUT2D eigenvalue weighted by atomic mass is 79.9. The number of hydrogen-bond acceptors (Lipinski definition) is 2. The van der Waals surface area contributed by atoms with E-state index in [1.807, 2.05) is 12.1 Å². The van der Waals surface area contributed by atoms with Crippen LogP contribution in [0, 0.1) is 5.92 Å². The van der Waals surface area contributed by atoms with Gasteiger partial charge in [-0.2, -0.15) is 0 Å². The first kappa shape index (κ1) is 13.8. The fourth-order valence-electron chi connectivity index (χ4n) is 1.71. The summed E-state index contributed by atoms with van der Waals surface area (Å²) in [4.78, 5) is 2.43. The summed E-state index contributed by atoms with van der Waals surface area (Å²) in [7, 11) is 0. The molecule has 0 aliphatic rings. The molecular formula is C13H22BrNO. The third-order valence-corrected chi connectivity index (χ3v) is 3.40. The third kappa shape index (κ3) is 5.17. The van der Waals surface area contributed by atoms with Crippen LogP contribution in [0.1, 0.15) is 32.4 Å². The van der Waals surface area contributed by atoms with E-state index in [9.17, 15) is 0 Å². The second kappa shape index (κ2) is 7.91. The van der Waals surface area contributed by atoms with Crippen LogP contribution in [0.2, 0.25) is 0 Å². The number of rotatable bonds is 8. The maximum absolute atomic E-state index is 5.37. The first-order valence-electron chi connectivity index (χ1n) is 6.07. The molecule has 0 amide bonds. The van der Waals surface area contributed by atoms with Gasteiger partial charge in [-0.1, -0.05) is 29.8 Å². The van der Waals surface area contributed by atoms with Crippen molar-refractivity contribution in [3.63, 3.8) is 0 Å². The molecule has 2 nitrogen and oxygen atoms in total. The molecule has 1 atom stereocenters. The highest BCUT2D eigenvalue weighted by Crippen LogP contribution is 2.12. The summed E-state index contributed by atoms with van der Waals surface area (Å²) >= 11 is 3.49. The molecule has 16 heavy (non-hydrogen) atoms. The summed E-state index contributed by atoms with van der Waals surface area (Å²) < 4.78 is 5.37. The van der Waals surface area contributed by atoms with Crippen molar-refractivity contribution in [3.05, 3.63) is 24.2 Å². The molecule has 0 aliphatic heterocycles. The molecule has 0 N–H and O–H groups in total. The van der Waals surface area contributed by atoms with Gasteiger partial charge in [0.15, 0.2) is 0 Å². The van der Waals surface area contributed by atoms with Gasteiger partial charge >= 0.3 is 0 Å². The summed E-state index contributed by atoms with van der Waals surface area (Å²) in [5.41, 5.74) is 0. The SMILES string of the molecule is CCN(CCC(C)CCBr)Cc1ccco1. The predicted molar refractivity (Wildman–Crippen MR) is 71.9 cm³/mol. The molecule has 0 radical (unpaired) electrons. The standard InChI is InChI=1S/C13H22BrNO/c1-3-15(9-7-12(2)6-8-14)11-13-5-4-10-16-13/h4-5,10,12H,3,6-9,11H2,1-2H3. The molecule has 1 unspecified atom stereocenters. The van der Waals surface area contributed by atoms with Gasteiger partial charge in [0.25, 0.3) is 0 Å². The first-order valence-corrected chi connectivity index (χ1v) is 7.19. The van der Waals surface area contributed by atoms with Gasteiger partial charge in [0, 0.05) is 5.33 Å². The Balaban J connectivity index is 2.26. The molecule has 92 valence electrons. The zero-order valence-electron chi connectivity index (χ0n) is 10.3. The minimum atomic E-state index is 0.796. The number of halogens is 1. The lowest BCUT2D eigenvalue weighted by Gasteiger charge is -2.21. The average Bonchev–Trinajstić information content (AvgIpc) is 2.77. The largest absolute Gasteiger partial charge is 0.468 e. The third-order valence-electron chi connectivity index (χ3n) is 2.95. The van der Waals surface area contributed by atoms with E-state index in [0.717, 1.165) is 36.6 Å². The van der Waals surface area contributed by atoms with E-state index in [0.29, 0.717) is 0 Å². The van der Waals surface area contributed by atoms with Gasteiger partial charge in [0.05, 0.1) is 12.8 Å². The molecule has 3 heteroatoms. The quantitative estimate of drug-likeness (QED) is 0.674. The van der Waals surface area contributed by atoms with E-state index < -0.39 is 0 Å². The molecular weight excluding hydrogens is 266 g/mol. The fraction of sp³-hybridized carbons (Fsp3) is 0.692. The highest BCUT2D eigenvalue weighted by Gasteiger charge is 2.08. The molecule has 1 heterocycles. The van der Waals surface area contributed by atoms with E-state index in [1.165, 1.54) is 12.8 Å². The lowest BCUT2D eigenvalue weighted by molar-refractivity contribution is 0.238. The minimum Gasteiger partial charge on any atom is -0.468 e. The zero-order chi connectivity index (χ0) is 11.8. The summed E-state index contributed by atoms with van der Waals surface area (Å²) in [5, 5.41) is 1.11. The maximum atomic E-state index is 5.37. The molecule has 0 aromatic carbocycles. The Morgan fingerprint density at radius 2 is 2.25 bits per heavy atom. The van der Waals surface area contributed by atoms with E-state index in [4.69, 9.17) is 4.42 Å². The van der Waals surface area contributed by atoms with Gasteiger partial charge in [-0.05, 0) is 44.0 Å². The van der Waals surface area contributed by atoms with Crippen LogP contribution in [0.3, 0.4) is 0 Å². The number of hydrogen-bond donors (Lipinski definition) is 0. The van der Waals surface area contributed by atoms with Crippen molar-refractivity contribution in [3.8, 4) is 0 Å². The van der Waals surface area contributed by atoms with E-state index >= 15 is 0 Å². The Morgan fingerprint density at radius 3 is 2.81 bits per heavy atom. The van der Waals surface area contributed by atoms with Crippen molar-refractivity contribution in [1.82, 2.24) is 4.90 Å². The molecule has 0 fully saturated rings. The van der Waals surface area contributed by atoms with Crippen molar-refractivity contribution < 1.29 is 4.42 Å². The number of furan rings is 1. The maximum Gasteiger partial charge on any atom is 0.117 e. The molecule has 1 rings (SSSR count). The van der Waals surface area contributed by atoms with Crippen LogP contribution < -0.4 is 0 Å². The van der Waals surface area contributed by atoms with E-state index in [-0.39, 0.29) is 0 Å². The lowest BCUT2D eigenvalue weighted by Crippen LogP contribution is -2.25. The fourth-order valence-corrected chi connectivity index (χ4v) is 2.49. The summed E-state index contributed by atoms with van der Waals surface area (Å²) in [5.74, 6) is 1.86. The Morgan fingerprint density at radius 1 is 1.44 bits per heavy atom. The lowest BCUT2D eigenvalue weighted by atomic mass is 10.1. The van der Waals surface area contributed by atoms with Crippen LogP contribution in [0.4, 0.5) is 0 Å². The Hall–Kier alpha value is -0.280. The highest BCUT2D eigenvalue weighted by molar-refractivity contribution is 9.09. The Labute approximate surface area is 107 Å². The van der Waals surface area contributed by atoms with Gasteiger partial charge in [-0.15, -0.1) is 0 Å². The summed E-state index contributed by atoms with van der Waals surface area (Å²) in [6.45, 7) is 7.71. The van der Waals surface area contributed by atoms with Crippen molar-refractivity contribution in [2.45, 2.75) is 33.2 Å². The zero-order valence-corrected chi connectivity index (χ0v) is 11.9.